The number of H-pyrrole nitrogens is 1. The second kappa shape index (κ2) is 7.03. The number of fused-ring (bicyclic) bond motifs is 3. The van der Waals surface area contributed by atoms with Gasteiger partial charge in [0, 0.05) is 24.3 Å². The average molecular weight is 367 g/mol. The van der Waals surface area contributed by atoms with Crippen molar-refractivity contribution in [1.82, 2.24) is 15.3 Å². The van der Waals surface area contributed by atoms with Gasteiger partial charge in [0.05, 0.1) is 5.39 Å². The molecule has 0 aliphatic heterocycles. The lowest BCUT2D eigenvalue weighted by Gasteiger charge is -2.07. The van der Waals surface area contributed by atoms with Crippen LogP contribution in [-0.2, 0) is 30.6 Å². The van der Waals surface area contributed by atoms with E-state index in [2.05, 4.69) is 15.3 Å². The predicted molar refractivity (Wildman–Crippen MR) is 104 cm³/mol. The van der Waals surface area contributed by atoms with Crippen molar-refractivity contribution in [3.8, 4) is 0 Å². The fourth-order valence-electron chi connectivity index (χ4n) is 3.49. The summed E-state index contributed by atoms with van der Waals surface area (Å²) in [6, 6.07) is 8.00. The number of nitrogens with one attached hydrogen (secondary N) is 2. The van der Waals surface area contributed by atoms with Crippen LogP contribution in [0.1, 0.15) is 40.2 Å². The minimum atomic E-state index is -0.0651. The topological polar surface area (TPSA) is 74.8 Å². The molecule has 2 heterocycles. The number of aromatic amines is 1. The van der Waals surface area contributed by atoms with E-state index in [0.717, 1.165) is 40.6 Å². The van der Waals surface area contributed by atoms with E-state index < -0.39 is 0 Å². The minimum Gasteiger partial charge on any atom is -0.352 e. The molecule has 5 nitrogen and oxygen atoms in total. The highest BCUT2D eigenvalue weighted by Crippen LogP contribution is 2.34. The van der Waals surface area contributed by atoms with Crippen LogP contribution in [0.4, 0.5) is 0 Å². The third-order valence-corrected chi connectivity index (χ3v) is 6.14. The van der Waals surface area contributed by atoms with Crippen molar-refractivity contribution in [2.24, 2.45) is 0 Å². The molecule has 2 aromatic heterocycles. The van der Waals surface area contributed by atoms with Crippen LogP contribution in [-0.4, -0.2) is 15.9 Å². The lowest BCUT2D eigenvalue weighted by atomic mass is 10.1. The summed E-state index contributed by atoms with van der Waals surface area (Å²) < 4.78 is 0. The Balaban J connectivity index is 1.41. The van der Waals surface area contributed by atoms with E-state index in [4.69, 9.17) is 0 Å². The van der Waals surface area contributed by atoms with E-state index in [1.165, 1.54) is 10.4 Å². The first kappa shape index (κ1) is 17.0. The molecule has 1 aromatic carbocycles. The van der Waals surface area contributed by atoms with Crippen LogP contribution in [0.3, 0.4) is 0 Å². The van der Waals surface area contributed by atoms with Crippen molar-refractivity contribution in [3.05, 3.63) is 62.0 Å². The number of carbonyl (C=O) groups is 1. The zero-order valence-electron chi connectivity index (χ0n) is 14.7. The van der Waals surface area contributed by atoms with Crippen LogP contribution < -0.4 is 10.9 Å². The number of carbonyl (C=O) groups excluding carboxylic acids is 1. The van der Waals surface area contributed by atoms with Crippen molar-refractivity contribution in [3.63, 3.8) is 0 Å². The number of aromatic nitrogens is 2. The SMILES string of the molecule is Cc1ccccc1CNC(=O)CCc1nc2sc3c(c2c(=O)[nH]1)CCC3. The van der Waals surface area contributed by atoms with Crippen LogP contribution in [0.15, 0.2) is 29.1 Å². The first-order chi connectivity index (χ1) is 12.6. The van der Waals surface area contributed by atoms with Crippen molar-refractivity contribution in [1.29, 1.82) is 0 Å². The summed E-state index contributed by atoms with van der Waals surface area (Å²) in [6.07, 6.45) is 3.89. The Morgan fingerprint density at radius 2 is 2.15 bits per heavy atom. The molecule has 1 amide bonds. The van der Waals surface area contributed by atoms with Gasteiger partial charge in [-0.05, 0) is 42.9 Å². The summed E-state index contributed by atoms with van der Waals surface area (Å²) in [5, 5.41) is 3.70. The van der Waals surface area contributed by atoms with E-state index in [-0.39, 0.29) is 11.5 Å². The lowest BCUT2D eigenvalue weighted by molar-refractivity contribution is -0.121. The monoisotopic (exact) mass is 367 g/mol. The van der Waals surface area contributed by atoms with Gasteiger partial charge in [-0.25, -0.2) is 4.98 Å². The molecule has 0 saturated carbocycles. The van der Waals surface area contributed by atoms with Crippen molar-refractivity contribution < 1.29 is 4.79 Å². The zero-order valence-corrected chi connectivity index (χ0v) is 15.5. The van der Waals surface area contributed by atoms with E-state index in [1.807, 2.05) is 31.2 Å². The normalized spacial score (nSPS) is 13.1. The summed E-state index contributed by atoms with van der Waals surface area (Å²) >= 11 is 1.63. The molecule has 6 heteroatoms. The summed E-state index contributed by atoms with van der Waals surface area (Å²) in [6.45, 7) is 2.55. The first-order valence-electron chi connectivity index (χ1n) is 8.96. The molecule has 0 radical (unpaired) electrons. The maximum atomic E-state index is 12.4. The molecule has 1 aliphatic rings. The molecule has 0 unspecified atom stereocenters. The minimum absolute atomic E-state index is 0.0373. The van der Waals surface area contributed by atoms with Crippen LogP contribution in [0, 0.1) is 6.92 Å². The van der Waals surface area contributed by atoms with Crippen molar-refractivity contribution in [2.45, 2.75) is 45.6 Å². The van der Waals surface area contributed by atoms with Crippen LogP contribution in [0.5, 0.6) is 0 Å². The molecule has 0 bridgehead atoms. The smallest absolute Gasteiger partial charge is 0.259 e. The Morgan fingerprint density at radius 1 is 1.31 bits per heavy atom. The Labute approximate surface area is 155 Å². The summed E-state index contributed by atoms with van der Waals surface area (Å²) in [5.41, 5.74) is 3.39. The van der Waals surface area contributed by atoms with Gasteiger partial charge in [0.25, 0.3) is 5.56 Å². The average Bonchev–Trinajstić information content (AvgIpc) is 3.19. The quantitative estimate of drug-likeness (QED) is 0.728. The maximum absolute atomic E-state index is 12.4. The fraction of sp³-hybridized carbons (Fsp3) is 0.350. The second-order valence-electron chi connectivity index (χ2n) is 6.75. The van der Waals surface area contributed by atoms with Crippen LogP contribution in [0.2, 0.25) is 0 Å². The van der Waals surface area contributed by atoms with Crippen molar-refractivity contribution in [2.75, 3.05) is 0 Å². The largest absolute Gasteiger partial charge is 0.352 e. The number of amides is 1. The van der Waals surface area contributed by atoms with Gasteiger partial charge >= 0.3 is 0 Å². The standard InChI is InChI=1S/C20H21N3O2S/c1-12-5-2-3-6-13(12)11-21-17(24)10-9-16-22-19(25)18-14-7-4-8-15(14)26-20(18)23-16/h2-3,5-6H,4,7-11H2,1H3,(H,21,24)(H,22,23,25). The predicted octanol–water partition coefficient (Wildman–Crippen LogP) is 3.03. The number of hydrogen-bond donors (Lipinski definition) is 2. The molecular weight excluding hydrogens is 346 g/mol. The van der Waals surface area contributed by atoms with Gasteiger partial charge in [-0.3, -0.25) is 9.59 Å². The number of nitrogens with zero attached hydrogens (tertiary/aromatic N) is 1. The first-order valence-corrected chi connectivity index (χ1v) is 9.78. The van der Waals surface area contributed by atoms with Crippen molar-refractivity contribution >= 4 is 27.5 Å². The lowest BCUT2D eigenvalue weighted by Crippen LogP contribution is -2.24. The van der Waals surface area contributed by atoms with Gasteiger partial charge in [-0.2, -0.15) is 0 Å². The molecular formula is C20H21N3O2S. The van der Waals surface area contributed by atoms with Gasteiger partial charge in [0.1, 0.15) is 10.7 Å². The number of thiophene rings is 1. The molecule has 4 rings (SSSR count). The molecule has 26 heavy (non-hydrogen) atoms. The molecule has 2 N–H and O–H groups in total. The molecule has 0 saturated heterocycles. The van der Waals surface area contributed by atoms with E-state index in [1.54, 1.807) is 11.3 Å². The third-order valence-electron chi connectivity index (χ3n) is 4.95. The zero-order chi connectivity index (χ0) is 18.1. The number of rotatable bonds is 5. The van der Waals surface area contributed by atoms with E-state index >= 15 is 0 Å². The Bertz CT molecular complexity index is 1040. The molecule has 134 valence electrons. The van der Waals surface area contributed by atoms with Crippen LogP contribution in [0.25, 0.3) is 10.2 Å². The van der Waals surface area contributed by atoms with Gasteiger partial charge in [0.2, 0.25) is 5.91 Å². The number of benzene rings is 1. The Kier molecular flexibility index (Phi) is 4.59. The van der Waals surface area contributed by atoms with Gasteiger partial charge < -0.3 is 10.3 Å². The molecule has 0 spiro atoms. The summed E-state index contributed by atoms with van der Waals surface area (Å²) in [7, 11) is 0. The van der Waals surface area contributed by atoms with Gasteiger partial charge in [0.15, 0.2) is 0 Å². The molecule has 0 fully saturated rings. The van der Waals surface area contributed by atoms with Gasteiger partial charge in [-0.1, -0.05) is 24.3 Å². The van der Waals surface area contributed by atoms with Gasteiger partial charge in [-0.15, -0.1) is 11.3 Å². The summed E-state index contributed by atoms with van der Waals surface area (Å²) in [5.74, 6) is 0.554. The molecule has 0 atom stereocenters. The highest BCUT2D eigenvalue weighted by molar-refractivity contribution is 7.18. The molecule has 1 aliphatic carbocycles. The summed E-state index contributed by atoms with van der Waals surface area (Å²) in [4.78, 5) is 34.1. The van der Waals surface area contributed by atoms with Crippen LogP contribution >= 0.6 is 11.3 Å². The molecule has 3 aromatic rings. The third kappa shape index (κ3) is 3.29. The van der Waals surface area contributed by atoms with E-state index in [0.29, 0.717) is 25.2 Å². The fourth-order valence-corrected chi connectivity index (χ4v) is 4.77. The second-order valence-corrected chi connectivity index (χ2v) is 7.84. The highest BCUT2D eigenvalue weighted by Gasteiger charge is 2.21. The maximum Gasteiger partial charge on any atom is 0.259 e. The Morgan fingerprint density at radius 3 is 3.00 bits per heavy atom. The highest BCUT2D eigenvalue weighted by atomic mass is 32.1. The Hall–Kier alpha value is -2.47. The number of aryl methyl sites for hydroxylation is 4. The number of hydrogen-bond acceptors (Lipinski definition) is 4. The van der Waals surface area contributed by atoms with E-state index in [9.17, 15) is 9.59 Å².